The number of nitrogens with zero attached hydrogens (tertiary/aromatic N) is 3. The van der Waals surface area contributed by atoms with Crippen LogP contribution < -0.4 is 0 Å². The van der Waals surface area contributed by atoms with Crippen LogP contribution in [0.5, 0.6) is 0 Å². The molecule has 0 atom stereocenters. The lowest BCUT2D eigenvalue weighted by molar-refractivity contribution is -0.00294. The zero-order valence-corrected chi connectivity index (χ0v) is 13.5. The molecule has 0 aliphatic carbocycles. The summed E-state index contributed by atoms with van der Waals surface area (Å²) in [5.74, 6) is 0.943. The highest BCUT2D eigenvalue weighted by Gasteiger charge is 2.23. The van der Waals surface area contributed by atoms with Gasteiger partial charge in [-0.1, -0.05) is 11.2 Å². The third-order valence-electron chi connectivity index (χ3n) is 4.43. The zero-order valence-electron chi connectivity index (χ0n) is 13.5. The van der Waals surface area contributed by atoms with Gasteiger partial charge < -0.3 is 24.3 Å². The molecule has 8 nitrogen and oxygen atoms in total. The fourth-order valence-electron chi connectivity index (χ4n) is 3.02. The number of H-pyrrole nitrogens is 1. The van der Waals surface area contributed by atoms with Gasteiger partial charge >= 0.3 is 6.09 Å². The molecule has 1 fully saturated rings. The number of nitrogens with one attached hydrogen (secondary N) is 1. The van der Waals surface area contributed by atoms with Crippen LogP contribution in [0.3, 0.4) is 0 Å². The number of aromatic amines is 1. The Kier molecular flexibility index (Phi) is 4.10. The SMILES string of the molecule is O=C(O)N1CCC(OCc2noc(-c3ccc4cc[nH]c4c3)n2)CC1. The average molecular weight is 342 g/mol. The molecule has 0 unspecified atom stereocenters. The minimum atomic E-state index is -0.875. The number of likely N-dealkylation sites (tertiary alicyclic amines) is 1. The number of carbonyl (C=O) groups is 1. The van der Waals surface area contributed by atoms with E-state index in [4.69, 9.17) is 14.4 Å². The molecule has 1 amide bonds. The minimum Gasteiger partial charge on any atom is -0.465 e. The maximum Gasteiger partial charge on any atom is 0.407 e. The van der Waals surface area contributed by atoms with E-state index in [1.807, 2.05) is 30.5 Å². The Bertz CT molecular complexity index is 880. The van der Waals surface area contributed by atoms with Crippen LogP contribution in [-0.2, 0) is 11.3 Å². The van der Waals surface area contributed by atoms with E-state index >= 15 is 0 Å². The molecule has 0 spiro atoms. The fourth-order valence-corrected chi connectivity index (χ4v) is 3.02. The van der Waals surface area contributed by atoms with E-state index in [0.717, 1.165) is 16.5 Å². The molecule has 0 bridgehead atoms. The number of fused-ring (bicyclic) bond motifs is 1. The van der Waals surface area contributed by atoms with E-state index in [2.05, 4.69) is 15.1 Å². The van der Waals surface area contributed by atoms with E-state index in [-0.39, 0.29) is 12.7 Å². The fraction of sp³-hybridized carbons (Fsp3) is 0.353. The van der Waals surface area contributed by atoms with Gasteiger partial charge in [-0.05, 0) is 36.4 Å². The molecule has 1 saturated heterocycles. The summed E-state index contributed by atoms with van der Waals surface area (Å²) in [5, 5.41) is 14.0. The number of amides is 1. The monoisotopic (exact) mass is 342 g/mol. The summed E-state index contributed by atoms with van der Waals surface area (Å²) in [6.07, 6.45) is 2.39. The van der Waals surface area contributed by atoms with Gasteiger partial charge in [-0.2, -0.15) is 4.98 Å². The Morgan fingerprint density at radius 3 is 3.00 bits per heavy atom. The highest BCUT2D eigenvalue weighted by atomic mass is 16.5. The molecule has 1 aliphatic heterocycles. The average Bonchev–Trinajstić information content (AvgIpc) is 3.28. The summed E-state index contributed by atoms with van der Waals surface area (Å²) in [5.41, 5.74) is 1.86. The number of hydrogen-bond acceptors (Lipinski definition) is 5. The molecule has 4 rings (SSSR count). The summed E-state index contributed by atoms with van der Waals surface area (Å²) in [4.78, 5) is 19.8. The topological polar surface area (TPSA) is 104 Å². The summed E-state index contributed by atoms with van der Waals surface area (Å²) in [6.45, 7) is 1.24. The summed E-state index contributed by atoms with van der Waals surface area (Å²) in [7, 11) is 0. The number of aromatic nitrogens is 3. The first-order valence-corrected chi connectivity index (χ1v) is 8.18. The van der Waals surface area contributed by atoms with Crippen molar-refractivity contribution in [3.63, 3.8) is 0 Å². The Balaban J connectivity index is 1.36. The van der Waals surface area contributed by atoms with Crippen molar-refractivity contribution in [2.45, 2.75) is 25.6 Å². The molecule has 2 N–H and O–H groups in total. The third kappa shape index (κ3) is 3.34. The normalized spacial score (nSPS) is 15.8. The van der Waals surface area contributed by atoms with Crippen LogP contribution in [0.25, 0.3) is 22.4 Å². The van der Waals surface area contributed by atoms with Crippen molar-refractivity contribution in [2.24, 2.45) is 0 Å². The van der Waals surface area contributed by atoms with Crippen molar-refractivity contribution in [2.75, 3.05) is 13.1 Å². The molecule has 2 aromatic heterocycles. The molecule has 3 aromatic rings. The highest BCUT2D eigenvalue weighted by molar-refractivity contribution is 5.83. The third-order valence-corrected chi connectivity index (χ3v) is 4.43. The standard InChI is InChI=1S/C17H18N4O4/c22-17(23)21-7-4-13(5-8-21)24-10-15-19-16(25-20-15)12-2-1-11-3-6-18-14(11)9-12/h1-3,6,9,13,18H,4-5,7-8,10H2,(H,22,23). The molecule has 1 aliphatic rings. The van der Waals surface area contributed by atoms with Crippen molar-refractivity contribution in [3.05, 3.63) is 36.3 Å². The molecule has 25 heavy (non-hydrogen) atoms. The van der Waals surface area contributed by atoms with Gasteiger partial charge in [-0.25, -0.2) is 4.79 Å². The van der Waals surface area contributed by atoms with Crippen LogP contribution in [0.2, 0.25) is 0 Å². The first-order valence-electron chi connectivity index (χ1n) is 8.18. The summed E-state index contributed by atoms with van der Waals surface area (Å²) < 4.78 is 11.1. The van der Waals surface area contributed by atoms with Gasteiger partial charge in [0, 0.05) is 30.4 Å². The van der Waals surface area contributed by atoms with Crippen molar-refractivity contribution in [1.29, 1.82) is 0 Å². The van der Waals surface area contributed by atoms with Gasteiger partial charge in [0.2, 0.25) is 0 Å². The van der Waals surface area contributed by atoms with Crippen LogP contribution in [0, 0.1) is 0 Å². The largest absolute Gasteiger partial charge is 0.465 e. The van der Waals surface area contributed by atoms with Crippen molar-refractivity contribution in [3.8, 4) is 11.5 Å². The van der Waals surface area contributed by atoms with E-state index in [1.54, 1.807) is 0 Å². The Hall–Kier alpha value is -2.87. The molecule has 1 aromatic carbocycles. The highest BCUT2D eigenvalue weighted by Crippen LogP contribution is 2.23. The van der Waals surface area contributed by atoms with Crippen molar-refractivity contribution >= 4 is 17.0 Å². The lowest BCUT2D eigenvalue weighted by atomic mass is 10.1. The van der Waals surface area contributed by atoms with Gasteiger partial charge in [-0.3, -0.25) is 0 Å². The second-order valence-electron chi connectivity index (χ2n) is 6.08. The Morgan fingerprint density at radius 1 is 1.36 bits per heavy atom. The molecular weight excluding hydrogens is 324 g/mol. The van der Waals surface area contributed by atoms with Crippen molar-refractivity contribution < 1.29 is 19.2 Å². The molecule has 0 saturated carbocycles. The van der Waals surface area contributed by atoms with Crippen LogP contribution >= 0.6 is 0 Å². The maximum atomic E-state index is 10.9. The predicted molar refractivity (Wildman–Crippen MR) is 89.0 cm³/mol. The van der Waals surface area contributed by atoms with E-state index in [1.165, 1.54) is 4.90 Å². The molecular formula is C17H18N4O4. The lowest BCUT2D eigenvalue weighted by Gasteiger charge is -2.29. The van der Waals surface area contributed by atoms with Crippen LogP contribution in [0.15, 0.2) is 35.0 Å². The molecule has 8 heteroatoms. The number of piperidine rings is 1. The number of ether oxygens (including phenoxy) is 1. The zero-order chi connectivity index (χ0) is 17.2. The van der Waals surface area contributed by atoms with Gasteiger partial charge in [-0.15, -0.1) is 0 Å². The smallest absolute Gasteiger partial charge is 0.407 e. The predicted octanol–water partition coefficient (Wildman–Crippen LogP) is 2.88. The van der Waals surface area contributed by atoms with E-state index in [0.29, 0.717) is 37.6 Å². The number of benzene rings is 1. The van der Waals surface area contributed by atoms with Crippen LogP contribution in [0.1, 0.15) is 18.7 Å². The quantitative estimate of drug-likeness (QED) is 0.755. The molecule has 3 heterocycles. The maximum absolute atomic E-state index is 10.9. The van der Waals surface area contributed by atoms with Gasteiger partial charge in [0.1, 0.15) is 6.61 Å². The van der Waals surface area contributed by atoms with Gasteiger partial charge in [0.05, 0.1) is 6.10 Å². The first kappa shape index (κ1) is 15.6. The van der Waals surface area contributed by atoms with Crippen molar-refractivity contribution in [1.82, 2.24) is 20.0 Å². The summed E-state index contributed by atoms with van der Waals surface area (Å²) in [6, 6.07) is 7.91. The Morgan fingerprint density at radius 2 is 2.20 bits per heavy atom. The molecule has 130 valence electrons. The van der Waals surface area contributed by atoms with Crippen LogP contribution in [0.4, 0.5) is 4.79 Å². The first-order chi connectivity index (χ1) is 12.2. The lowest BCUT2D eigenvalue weighted by Crippen LogP contribution is -2.40. The number of rotatable bonds is 4. The van der Waals surface area contributed by atoms with Crippen LogP contribution in [-0.4, -0.2) is 50.4 Å². The van der Waals surface area contributed by atoms with E-state index in [9.17, 15) is 4.79 Å². The van der Waals surface area contributed by atoms with Gasteiger partial charge in [0.25, 0.3) is 5.89 Å². The molecule has 0 radical (unpaired) electrons. The van der Waals surface area contributed by atoms with E-state index < -0.39 is 6.09 Å². The number of carboxylic acid groups (broad SMARTS) is 1. The minimum absolute atomic E-state index is 0.0211. The second-order valence-corrected chi connectivity index (χ2v) is 6.08. The second kappa shape index (κ2) is 6.56. The summed E-state index contributed by atoms with van der Waals surface area (Å²) >= 11 is 0. The number of hydrogen-bond donors (Lipinski definition) is 2. The Labute approximate surface area is 143 Å². The van der Waals surface area contributed by atoms with Gasteiger partial charge in [0.15, 0.2) is 5.82 Å².